The largest absolute Gasteiger partial charge is 0.350 e. The second-order valence-electron chi connectivity index (χ2n) is 16.0. The van der Waals surface area contributed by atoms with Gasteiger partial charge in [-0.05, 0) is 73.3 Å². The number of nitrogens with one attached hydrogen (secondary N) is 2. The molecule has 0 amide bonds. The summed E-state index contributed by atoms with van der Waals surface area (Å²) in [5, 5.41) is 15.4. The average molecular weight is 813 g/mol. The normalized spacial score (nSPS) is 15.3. The molecule has 0 spiro atoms. The lowest BCUT2D eigenvalue weighted by Gasteiger charge is -2.34. The number of rotatable bonds is 9. The first-order valence-corrected chi connectivity index (χ1v) is 23.4. The van der Waals surface area contributed by atoms with Crippen molar-refractivity contribution in [3.05, 3.63) is 259 Å². The molecule has 2 heterocycles. The molecule has 1 aromatic heterocycles. The van der Waals surface area contributed by atoms with Gasteiger partial charge in [-0.2, -0.15) is 0 Å². The second kappa shape index (κ2) is 16.1. The van der Waals surface area contributed by atoms with Crippen LogP contribution >= 0.6 is 0 Å². The molecular weight excluding hydrogens is 769 g/mol. The molecule has 2 N–H and O–H groups in total. The summed E-state index contributed by atoms with van der Waals surface area (Å²) in [6.45, 7) is 0. The lowest BCUT2D eigenvalue weighted by Crippen LogP contribution is -2.74. The number of hydrogen-bond acceptors (Lipinski definition) is 3. The van der Waals surface area contributed by atoms with E-state index in [9.17, 15) is 0 Å². The highest BCUT2D eigenvalue weighted by Gasteiger charge is 2.41. The summed E-state index contributed by atoms with van der Waals surface area (Å²) in [5.41, 5.74) is 9.23. The van der Waals surface area contributed by atoms with Crippen LogP contribution in [0.25, 0.3) is 38.6 Å². The molecular formula is C57H44N4Si. The number of nitrogens with zero attached hydrogens (tertiary/aromatic N) is 2. The van der Waals surface area contributed by atoms with Crippen molar-refractivity contribution in [2.24, 2.45) is 4.99 Å². The van der Waals surface area contributed by atoms with Gasteiger partial charge in [-0.15, -0.1) is 0 Å². The first kappa shape index (κ1) is 37.4. The van der Waals surface area contributed by atoms with Crippen LogP contribution in [0.5, 0.6) is 0 Å². The van der Waals surface area contributed by atoms with E-state index in [1.165, 1.54) is 53.7 Å². The summed E-state index contributed by atoms with van der Waals surface area (Å²) >= 11 is 0. The van der Waals surface area contributed by atoms with Crippen LogP contribution in [0.15, 0.2) is 248 Å². The van der Waals surface area contributed by atoms with E-state index in [2.05, 4.69) is 246 Å². The number of aliphatic imine (C=N–C) groups is 1. The molecule has 5 heteroatoms. The zero-order chi connectivity index (χ0) is 41.3. The van der Waals surface area contributed by atoms with Crippen LogP contribution in [-0.2, 0) is 0 Å². The molecule has 0 saturated carbocycles. The van der Waals surface area contributed by atoms with E-state index in [4.69, 9.17) is 4.99 Å². The van der Waals surface area contributed by atoms with E-state index < -0.39 is 8.07 Å². The van der Waals surface area contributed by atoms with E-state index in [0.717, 1.165) is 28.2 Å². The second-order valence-corrected chi connectivity index (χ2v) is 19.8. The molecule has 0 radical (unpaired) electrons. The Morgan fingerprint density at radius 3 is 1.50 bits per heavy atom. The lowest BCUT2D eigenvalue weighted by atomic mass is 10.0. The van der Waals surface area contributed by atoms with Crippen LogP contribution in [0.3, 0.4) is 0 Å². The number of benzene rings is 9. The minimum atomic E-state index is -2.61. The maximum absolute atomic E-state index is 5.10. The fraction of sp³-hybridized carbons (Fsp3) is 0.0351. The summed E-state index contributed by atoms with van der Waals surface area (Å²) < 4.78 is 2.40. The van der Waals surface area contributed by atoms with Crippen LogP contribution < -0.4 is 31.4 Å². The fourth-order valence-corrected chi connectivity index (χ4v) is 14.2. The topological polar surface area (TPSA) is 41.4 Å². The third kappa shape index (κ3) is 6.65. The highest BCUT2D eigenvalue weighted by atomic mass is 28.3. The Morgan fingerprint density at radius 1 is 0.387 bits per heavy atom. The van der Waals surface area contributed by atoms with Crippen molar-refractivity contribution < 1.29 is 0 Å². The Labute approximate surface area is 363 Å². The van der Waals surface area contributed by atoms with Gasteiger partial charge in [-0.3, -0.25) is 5.32 Å². The molecule has 2 atom stereocenters. The number of fused-ring (bicyclic) bond motifs is 3. The zero-order valence-electron chi connectivity index (χ0n) is 34.1. The monoisotopic (exact) mass is 812 g/mol. The van der Waals surface area contributed by atoms with Crippen molar-refractivity contribution >= 4 is 56.5 Å². The van der Waals surface area contributed by atoms with Crippen LogP contribution in [0, 0.1) is 0 Å². The predicted octanol–water partition coefficient (Wildman–Crippen LogP) is 10.2. The maximum Gasteiger partial charge on any atom is 0.179 e. The van der Waals surface area contributed by atoms with Crippen LogP contribution in [0.1, 0.15) is 29.0 Å². The number of aromatic nitrogens is 1. The van der Waals surface area contributed by atoms with Crippen molar-refractivity contribution in [1.82, 2.24) is 15.2 Å². The number of amidine groups is 1. The summed E-state index contributed by atoms with van der Waals surface area (Å²) in [6, 6.07) is 88.3. The van der Waals surface area contributed by atoms with E-state index in [0.29, 0.717) is 0 Å². The summed E-state index contributed by atoms with van der Waals surface area (Å²) in [7, 11) is -2.61. The van der Waals surface area contributed by atoms with Crippen LogP contribution in [-0.4, -0.2) is 18.5 Å². The van der Waals surface area contributed by atoms with Gasteiger partial charge in [0.05, 0.1) is 11.0 Å². The van der Waals surface area contributed by atoms with Gasteiger partial charge in [-0.1, -0.05) is 212 Å². The smallest absolute Gasteiger partial charge is 0.179 e. The molecule has 11 rings (SSSR count). The third-order valence-corrected chi connectivity index (χ3v) is 17.3. The molecule has 0 saturated heterocycles. The van der Waals surface area contributed by atoms with Gasteiger partial charge in [-0.25, -0.2) is 4.99 Å². The van der Waals surface area contributed by atoms with Crippen molar-refractivity contribution in [1.29, 1.82) is 0 Å². The van der Waals surface area contributed by atoms with Crippen LogP contribution in [0.2, 0.25) is 0 Å². The van der Waals surface area contributed by atoms with E-state index in [1.807, 2.05) is 12.1 Å². The highest BCUT2D eigenvalue weighted by Crippen LogP contribution is 2.35. The van der Waals surface area contributed by atoms with Gasteiger partial charge in [0.15, 0.2) is 8.07 Å². The van der Waals surface area contributed by atoms with Crippen molar-refractivity contribution in [3.8, 4) is 16.8 Å². The van der Waals surface area contributed by atoms with Gasteiger partial charge in [0.1, 0.15) is 18.2 Å². The first-order chi connectivity index (χ1) is 30.7. The van der Waals surface area contributed by atoms with Crippen LogP contribution in [0.4, 0.5) is 0 Å². The van der Waals surface area contributed by atoms with Crippen molar-refractivity contribution in [2.45, 2.75) is 12.3 Å². The predicted molar refractivity (Wildman–Crippen MR) is 261 cm³/mol. The quantitative estimate of drug-likeness (QED) is 0.113. The molecule has 1 aliphatic heterocycles. The summed E-state index contributed by atoms with van der Waals surface area (Å²) in [5.74, 6) is 0.880. The van der Waals surface area contributed by atoms with E-state index in [-0.39, 0.29) is 12.3 Å². The van der Waals surface area contributed by atoms with Crippen molar-refractivity contribution in [3.63, 3.8) is 0 Å². The molecule has 0 aliphatic carbocycles. The Hall–Kier alpha value is -7.57. The molecule has 2 unspecified atom stereocenters. The van der Waals surface area contributed by atoms with Gasteiger partial charge >= 0.3 is 0 Å². The Bertz CT molecular complexity index is 3050. The molecule has 62 heavy (non-hydrogen) atoms. The lowest BCUT2D eigenvalue weighted by molar-refractivity contribution is 0.409. The fourth-order valence-electron chi connectivity index (χ4n) is 9.50. The van der Waals surface area contributed by atoms with Gasteiger partial charge in [0.25, 0.3) is 0 Å². The van der Waals surface area contributed by atoms with E-state index >= 15 is 0 Å². The standard InChI is InChI=1S/C57H44N4Si/c1-6-18-42(19-7-1)55-58-56(43-20-8-2-9-21-43)60-57(59-55)44-30-35-46(36-31-44)61-53-29-17-16-28-51(53)52-40-45(34-39-54(52)61)41-32-37-50(38-33-41)62(47-22-10-3-11-23-47,48-24-12-4-13-25-48)49-26-14-5-15-27-49/h1-40,55,57,59H,(H,58,60). The Morgan fingerprint density at radius 2 is 0.887 bits per heavy atom. The Balaban J connectivity index is 0.951. The number of hydrogen-bond donors (Lipinski definition) is 2. The maximum atomic E-state index is 5.10. The minimum absolute atomic E-state index is 0.130. The molecule has 10 aromatic rings. The number of para-hydroxylation sites is 1. The third-order valence-electron chi connectivity index (χ3n) is 12.5. The first-order valence-electron chi connectivity index (χ1n) is 21.4. The Kier molecular flexibility index (Phi) is 9.73. The summed E-state index contributed by atoms with van der Waals surface area (Å²) in [4.78, 5) is 5.10. The molecule has 1 aliphatic rings. The van der Waals surface area contributed by atoms with Gasteiger partial charge in [0.2, 0.25) is 0 Å². The average Bonchev–Trinajstić information content (AvgIpc) is 3.69. The van der Waals surface area contributed by atoms with Gasteiger partial charge in [0, 0.05) is 22.0 Å². The molecule has 296 valence electrons. The summed E-state index contributed by atoms with van der Waals surface area (Å²) in [6.07, 6.45) is -0.309. The van der Waals surface area contributed by atoms with Crippen molar-refractivity contribution in [2.75, 3.05) is 0 Å². The van der Waals surface area contributed by atoms with E-state index in [1.54, 1.807) is 0 Å². The molecule has 0 fully saturated rings. The minimum Gasteiger partial charge on any atom is -0.350 e. The SMILES string of the molecule is c1ccc(C2=NC(c3ccccc3)NC(c3ccc(-n4c5ccccc5c5cc(-c6ccc([Si](c7ccccc7)(c7ccccc7)c7ccccc7)cc6)ccc54)cc3)N2)cc1. The van der Waals surface area contributed by atoms with Gasteiger partial charge < -0.3 is 9.88 Å². The molecule has 0 bridgehead atoms. The molecule has 9 aromatic carbocycles. The highest BCUT2D eigenvalue weighted by molar-refractivity contribution is 7.19. The molecule has 4 nitrogen and oxygen atoms in total. The zero-order valence-corrected chi connectivity index (χ0v) is 35.1.